The fourth-order valence-corrected chi connectivity index (χ4v) is 1.84. The summed E-state index contributed by atoms with van der Waals surface area (Å²) >= 11 is 11.9. The van der Waals surface area contributed by atoms with Crippen molar-refractivity contribution < 1.29 is 4.79 Å². The molecule has 0 radical (unpaired) electrons. The monoisotopic (exact) mass is 263 g/mol. The van der Waals surface area contributed by atoms with E-state index in [0.29, 0.717) is 15.7 Å². The summed E-state index contributed by atoms with van der Waals surface area (Å²) in [5.74, 6) is 0. The fourth-order valence-electron chi connectivity index (χ4n) is 1.49. The molecule has 84 valence electrons. The first-order valence-corrected chi connectivity index (χ1v) is 5.59. The molecule has 0 aliphatic carbocycles. The molecule has 0 aliphatic heterocycles. The molecule has 0 saturated heterocycles. The molecule has 0 bridgehead atoms. The molecular formula is C13H7Cl2NO. The van der Waals surface area contributed by atoms with Crippen LogP contribution >= 0.6 is 23.2 Å². The van der Waals surface area contributed by atoms with Crippen molar-refractivity contribution in [3.05, 3.63) is 52.5 Å². The van der Waals surface area contributed by atoms with Crippen LogP contribution in [0.15, 0.2) is 47.5 Å². The number of isocyanates is 1. The van der Waals surface area contributed by atoms with Crippen LogP contribution in [0.1, 0.15) is 0 Å². The van der Waals surface area contributed by atoms with Gasteiger partial charge in [0.25, 0.3) is 0 Å². The summed E-state index contributed by atoms with van der Waals surface area (Å²) in [6.45, 7) is 0. The molecule has 0 unspecified atom stereocenters. The van der Waals surface area contributed by atoms with Crippen LogP contribution in [-0.4, -0.2) is 6.08 Å². The van der Waals surface area contributed by atoms with Gasteiger partial charge in [-0.05, 0) is 35.9 Å². The Morgan fingerprint density at radius 2 is 1.71 bits per heavy atom. The van der Waals surface area contributed by atoms with Crippen LogP contribution in [0.2, 0.25) is 10.0 Å². The van der Waals surface area contributed by atoms with E-state index in [-0.39, 0.29) is 0 Å². The molecule has 2 aromatic carbocycles. The number of benzene rings is 2. The summed E-state index contributed by atoms with van der Waals surface area (Å²) in [6, 6.07) is 12.4. The van der Waals surface area contributed by atoms with Gasteiger partial charge in [0.1, 0.15) is 0 Å². The van der Waals surface area contributed by atoms with Gasteiger partial charge in [-0.1, -0.05) is 35.3 Å². The normalized spacial score (nSPS) is 9.76. The minimum atomic E-state index is 0.523. The standard InChI is InChI=1S/C13H7Cl2NO/c14-10-3-1-9(2-4-10)12-7-11(16-8-17)5-6-13(12)15/h1-7H. The van der Waals surface area contributed by atoms with Crippen LogP contribution in [0.3, 0.4) is 0 Å². The van der Waals surface area contributed by atoms with E-state index in [9.17, 15) is 4.79 Å². The molecule has 2 aromatic rings. The lowest BCUT2D eigenvalue weighted by molar-refractivity contribution is 0.565. The van der Waals surface area contributed by atoms with E-state index in [1.807, 2.05) is 12.1 Å². The Morgan fingerprint density at radius 3 is 2.35 bits per heavy atom. The number of hydrogen-bond acceptors (Lipinski definition) is 2. The Balaban J connectivity index is 2.53. The summed E-state index contributed by atoms with van der Waals surface area (Å²) in [5, 5.41) is 1.25. The Hall–Kier alpha value is -1.60. The van der Waals surface area contributed by atoms with Crippen molar-refractivity contribution in [2.75, 3.05) is 0 Å². The van der Waals surface area contributed by atoms with Crippen molar-refractivity contribution in [1.29, 1.82) is 0 Å². The van der Waals surface area contributed by atoms with Gasteiger partial charge in [0.2, 0.25) is 6.08 Å². The number of carbonyl (C=O) groups excluding carboxylic acids is 1. The van der Waals surface area contributed by atoms with Crippen molar-refractivity contribution in [2.45, 2.75) is 0 Å². The number of aliphatic imine (C=N–C) groups is 1. The van der Waals surface area contributed by atoms with Gasteiger partial charge in [-0.15, -0.1) is 0 Å². The third kappa shape index (κ3) is 2.75. The summed E-state index contributed by atoms with van der Waals surface area (Å²) < 4.78 is 0. The molecular weight excluding hydrogens is 257 g/mol. The minimum absolute atomic E-state index is 0.523. The second-order valence-corrected chi connectivity index (χ2v) is 4.22. The number of rotatable bonds is 2. The molecule has 0 aromatic heterocycles. The molecule has 0 heterocycles. The zero-order chi connectivity index (χ0) is 12.3. The van der Waals surface area contributed by atoms with Crippen molar-refractivity contribution in [2.24, 2.45) is 4.99 Å². The average molecular weight is 264 g/mol. The largest absolute Gasteiger partial charge is 0.240 e. The predicted molar refractivity (Wildman–Crippen MR) is 69.7 cm³/mol. The van der Waals surface area contributed by atoms with Gasteiger partial charge >= 0.3 is 0 Å². The molecule has 2 rings (SSSR count). The van der Waals surface area contributed by atoms with E-state index < -0.39 is 0 Å². The maximum atomic E-state index is 10.2. The highest BCUT2D eigenvalue weighted by Crippen LogP contribution is 2.32. The van der Waals surface area contributed by atoms with Crippen molar-refractivity contribution >= 4 is 35.0 Å². The minimum Gasteiger partial charge on any atom is -0.211 e. The number of nitrogens with zero attached hydrogens (tertiary/aromatic N) is 1. The van der Waals surface area contributed by atoms with Gasteiger partial charge in [-0.2, -0.15) is 4.99 Å². The average Bonchev–Trinajstić information content (AvgIpc) is 2.33. The second kappa shape index (κ2) is 5.15. The van der Waals surface area contributed by atoms with E-state index in [0.717, 1.165) is 11.1 Å². The van der Waals surface area contributed by atoms with E-state index >= 15 is 0 Å². The van der Waals surface area contributed by atoms with E-state index in [1.54, 1.807) is 30.3 Å². The third-order valence-electron chi connectivity index (χ3n) is 2.28. The highest BCUT2D eigenvalue weighted by atomic mass is 35.5. The van der Waals surface area contributed by atoms with Crippen LogP contribution in [0.5, 0.6) is 0 Å². The maximum absolute atomic E-state index is 10.2. The van der Waals surface area contributed by atoms with E-state index in [2.05, 4.69) is 4.99 Å². The molecule has 0 amide bonds. The lowest BCUT2D eigenvalue weighted by Gasteiger charge is -2.05. The zero-order valence-corrected chi connectivity index (χ0v) is 10.2. The predicted octanol–water partition coefficient (Wildman–Crippen LogP) is 4.63. The van der Waals surface area contributed by atoms with Crippen LogP contribution < -0.4 is 0 Å². The van der Waals surface area contributed by atoms with Crippen molar-refractivity contribution in [1.82, 2.24) is 0 Å². The lowest BCUT2D eigenvalue weighted by Crippen LogP contribution is -1.79. The lowest BCUT2D eigenvalue weighted by atomic mass is 10.1. The third-order valence-corrected chi connectivity index (χ3v) is 2.86. The molecule has 0 spiro atoms. The molecule has 0 saturated carbocycles. The van der Waals surface area contributed by atoms with Gasteiger partial charge in [0.15, 0.2) is 0 Å². The Kier molecular flexibility index (Phi) is 3.60. The van der Waals surface area contributed by atoms with Gasteiger partial charge in [-0.3, -0.25) is 0 Å². The topological polar surface area (TPSA) is 29.4 Å². The Morgan fingerprint density at radius 1 is 1.00 bits per heavy atom. The molecule has 17 heavy (non-hydrogen) atoms. The molecule has 4 heteroatoms. The zero-order valence-electron chi connectivity index (χ0n) is 8.65. The maximum Gasteiger partial charge on any atom is 0.240 e. The Labute approximate surface area is 109 Å². The molecule has 0 atom stereocenters. The quantitative estimate of drug-likeness (QED) is 0.574. The molecule has 0 fully saturated rings. The summed E-state index contributed by atoms with van der Waals surface area (Å²) in [5.41, 5.74) is 2.25. The van der Waals surface area contributed by atoms with Crippen LogP contribution in [-0.2, 0) is 4.79 Å². The number of hydrogen-bond donors (Lipinski definition) is 0. The van der Waals surface area contributed by atoms with Gasteiger partial charge < -0.3 is 0 Å². The second-order valence-electron chi connectivity index (χ2n) is 3.37. The first kappa shape index (κ1) is 11.9. The molecule has 0 aliphatic rings. The smallest absolute Gasteiger partial charge is 0.211 e. The number of halogens is 2. The first-order chi connectivity index (χ1) is 8.20. The summed E-state index contributed by atoms with van der Waals surface area (Å²) in [4.78, 5) is 13.8. The van der Waals surface area contributed by atoms with Crippen molar-refractivity contribution in [3.63, 3.8) is 0 Å². The van der Waals surface area contributed by atoms with Gasteiger partial charge in [0.05, 0.1) is 5.69 Å². The van der Waals surface area contributed by atoms with Gasteiger partial charge in [0, 0.05) is 15.6 Å². The highest BCUT2D eigenvalue weighted by molar-refractivity contribution is 6.33. The van der Waals surface area contributed by atoms with Crippen LogP contribution in [0.4, 0.5) is 5.69 Å². The van der Waals surface area contributed by atoms with Crippen LogP contribution in [0.25, 0.3) is 11.1 Å². The first-order valence-electron chi connectivity index (χ1n) is 4.84. The SMILES string of the molecule is O=C=Nc1ccc(Cl)c(-c2ccc(Cl)cc2)c1. The molecule has 2 nitrogen and oxygen atoms in total. The summed E-state index contributed by atoms with van der Waals surface area (Å²) in [6.07, 6.45) is 1.50. The van der Waals surface area contributed by atoms with Gasteiger partial charge in [-0.25, -0.2) is 4.79 Å². The Bertz CT molecular complexity index is 587. The van der Waals surface area contributed by atoms with Crippen molar-refractivity contribution in [3.8, 4) is 11.1 Å². The highest BCUT2D eigenvalue weighted by Gasteiger charge is 2.04. The molecule has 0 N–H and O–H groups in total. The fraction of sp³-hybridized carbons (Fsp3) is 0. The van der Waals surface area contributed by atoms with E-state index in [1.165, 1.54) is 6.08 Å². The summed E-state index contributed by atoms with van der Waals surface area (Å²) in [7, 11) is 0. The van der Waals surface area contributed by atoms with Crippen LogP contribution in [0, 0.1) is 0 Å². The van der Waals surface area contributed by atoms with E-state index in [4.69, 9.17) is 23.2 Å².